The van der Waals surface area contributed by atoms with Crippen molar-refractivity contribution >= 4 is 65.6 Å². The summed E-state index contributed by atoms with van der Waals surface area (Å²) < 4.78 is 11.1. The molecule has 0 amide bonds. The highest BCUT2D eigenvalue weighted by atomic mass is 16.3. The van der Waals surface area contributed by atoms with E-state index in [9.17, 15) is 0 Å². The highest BCUT2D eigenvalue weighted by molar-refractivity contribution is 6.19. The lowest BCUT2D eigenvalue weighted by atomic mass is 10.0. The molecular formula is C48H30N2O. The van der Waals surface area contributed by atoms with Gasteiger partial charge in [-0.2, -0.15) is 0 Å². The third-order valence-electron chi connectivity index (χ3n) is 10.5. The average molecular weight is 651 g/mol. The molecule has 11 aromatic rings. The molecule has 11 rings (SSSR count). The summed E-state index contributed by atoms with van der Waals surface area (Å²) in [6, 6.07) is 65.5. The fourth-order valence-corrected chi connectivity index (χ4v) is 8.13. The Bertz CT molecular complexity index is 3100. The number of rotatable bonds is 4. The van der Waals surface area contributed by atoms with E-state index in [4.69, 9.17) is 4.42 Å². The Balaban J connectivity index is 1.08. The van der Waals surface area contributed by atoms with E-state index in [1.54, 1.807) is 0 Å². The van der Waals surface area contributed by atoms with Gasteiger partial charge in [0.25, 0.3) is 0 Å². The minimum Gasteiger partial charge on any atom is -0.456 e. The Hall–Kier alpha value is -6.84. The van der Waals surface area contributed by atoms with Crippen LogP contribution in [0.4, 0.5) is 0 Å². The molecular weight excluding hydrogens is 621 g/mol. The Morgan fingerprint density at radius 3 is 1.35 bits per heavy atom. The van der Waals surface area contributed by atoms with Crippen LogP contribution in [-0.4, -0.2) is 9.13 Å². The van der Waals surface area contributed by atoms with Crippen LogP contribution in [0.2, 0.25) is 0 Å². The number of furan rings is 1. The van der Waals surface area contributed by atoms with Crippen molar-refractivity contribution in [3.05, 3.63) is 182 Å². The number of nitrogens with zero attached hydrogens (tertiary/aromatic N) is 2. The van der Waals surface area contributed by atoms with Gasteiger partial charge in [0.15, 0.2) is 0 Å². The first kappa shape index (κ1) is 28.0. The van der Waals surface area contributed by atoms with Gasteiger partial charge >= 0.3 is 0 Å². The summed E-state index contributed by atoms with van der Waals surface area (Å²) in [6.07, 6.45) is 0. The van der Waals surface area contributed by atoms with Crippen molar-refractivity contribution in [2.45, 2.75) is 0 Å². The first-order valence-corrected chi connectivity index (χ1v) is 17.4. The van der Waals surface area contributed by atoms with Crippen LogP contribution < -0.4 is 0 Å². The Morgan fingerprint density at radius 2 is 0.725 bits per heavy atom. The molecule has 0 aliphatic rings. The normalized spacial score (nSPS) is 11.9. The highest BCUT2D eigenvalue weighted by Gasteiger charge is 2.19. The number of aromatic nitrogens is 2. The predicted octanol–water partition coefficient (Wildman–Crippen LogP) is 13.1. The summed E-state index contributed by atoms with van der Waals surface area (Å²) >= 11 is 0. The Kier molecular flexibility index (Phi) is 5.96. The lowest BCUT2D eigenvalue weighted by Crippen LogP contribution is -1.95. The number of para-hydroxylation sites is 3. The van der Waals surface area contributed by atoms with E-state index in [1.165, 1.54) is 65.9 Å². The van der Waals surface area contributed by atoms with Gasteiger partial charge in [-0.25, -0.2) is 0 Å². The molecule has 0 fully saturated rings. The van der Waals surface area contributed by atoms with Crippen molar-refractivity contribution in [1.82, 2.24) is 9.13 Å². The van der Waals surface area contributed by atoms with Crippen LogP contribution in [-0.2, 0) is 0 Å². The van der Waals surface area contributed by atoms with Crippen molar-refractivity contribution in [3.8, 4) is 33.6 Å². The maximum Gasteiger partial charge on any atom is 0.137 e. The molecule has 0 unspecified atom stereocenters. The topological polar surface area (TPSA) is 23.0 Å². The van der Waals surface area contributed by atoms with Gasteiger partial charge in [0.1, 0.15) is 11.2 Å². The number of hydrogen-bond acceptors (Lipinski definition) is 1. The number of benzene rings is 8. The quantitative estimate of drug-likeness (QED) is 0.186. The van der Waals surface area contributed by atoms with Gasteiger partial charge in [-0.3, -0.25) is 0 Å². The van der Waals surface area contributed by atoms with Crippen molar-refractivity contribution in [2.24, 2.45) is 0 Å². The minimum atomic E-state index is 0.896. The molecule has 0 aliphatic heterocycles. The van der Waals surface area contributed by atoms with Crippen LogP contribution in [0.15, 0.2) is 186 Å². The second-order valence-electron chi connectivity index (χ2n) is 13.4. The van der Waals surface area contributed by atoms with Crippen molar-refractivity contribution in [2.75, 3.05) is 0 Å². The van der Waals surface area contributed by atoms with E-state index in [2.05, 4.69) is 179 Å². The van der Waals surface area contributed by atoms with Gasteiger partial charge < -0.3 is 13.6 Å². The first-order valence-electron chi connectivity index (χ1n) is 17.4. The van der Waals surface area contributed by atoms with Crippen molar-refractivity contribution < 1.29 is 4.42 Å². The zero-order valence-corrected chi connectivity index (χ0v) is 27.6. The van der Waals surface area contributed by atoms with Crippen molar-refractivity contribution in [3.63, 3.8) is 0 Å². The van der Waals surface area contributed by atoms with Gasteiger partial charge in [0, 0.05) is 49.8 Å². The second kappa shape index (κ2) is 10.8. The van der Waals surface area contributed by atoms with E-state index in [1.807, 2.05) is 12.1 Å². The average Bonchev–Trinajstić information content (AvgIpc) is 3.84. The predicted molar refractivity (Wildman–Crippen MR) is 213 cm³/mol. The molecule has 0 aliphatic carbocycles. The molecule has 3 aromatic heterocycles. The molecule has 8 aromatic carbocycles. The van der Waals surface area contributed by atoms with Crippen LogP contribution >= 0.6 is 0 Å². The molecule has 3 nitrogen and oxygen atoms in total. The first-order chi connectivity index (χ1) is 25.3. The molecule has 51 heavy (non-hydrogen) atoms. The highest BCUT2D eigenvalue weighted by Crippen LogP contribution is 2.40. The maximum atomic E-state index is 6.34. The summed E-state index contributed by atoms with van der Waals surface area (Å²) in [5, 5.41) is 7.19. The molecule has 3 heterocycles. The smallest absolute Gasteiger partial charge is 0.137 e. The standard InChI is InChI=1S/C48H30N2O/c1-2-10-31(11-3-1)32-18-20-33(21-19-32)34-22-24-35(25-23-34)49-43-15-7-4-12-37(43)41-30-46-42(29-45(41)49)38-13-5-8-16-44(38)50(46)36-26-27-40-39-14-6-9-17-47(39)51-48(40)28-36/h1-30H. The van der Waals surface area contributed by atoms with Crippen LogP contribution in [0.1, 0.15) is 0 Å². The van der Waals surface area contributed by atoms with Gasteiger partial charge in [0.2, 0.25) is 0 Å². The third-order valence-corrected chi connectivity index (χ3v) is 10.5. The molecule has 3 heteroatoms. The second-order valence-corrected chi connectivity index (χ2v) is 13.4. The fraction of sp³-hybridized carbons (Fsp3) is 0. The largest absolute Gasteiger partial charge is 0.456 e. The molecule has 0 N–H and O–H groups in total. The van der Waals surface area contributed by atoms with Crippen molar-refractivity contribution in [1.29, 1.82) is 0 Å². The van der Waals surface area contributed by atoms with E-state index in [0.717, 1.165) is 33.3 Å². The summed E-state index contributed by atoms with van der Waals surface area (Å²) in [7, 11) is 0. The van der Waals surface area contributed by atoms with E-state index < -0.39 is 0 Å². The maximum absolute atomic E-state index is 6.34. The molecule has 0 saturated heterocycles. The molecule has 0 radical (unpaired) electrons. The Labute approximate surface area is 293 Å². The lowest BCUT2D eigenvalue weighted by molar-refractivity contribution is 0.668. The van der Waals surface area contributed by atoms with E-state index in [0.29, 0.717) is 0 Å². The van der Waals surface area contributed by atoms with Gasteiger partial charge in [-0.1, -0.05) is 121 Å². The summed E-state index contributed by atoms with van der Waals surface area (Å²) in [4.78, 5) is 0. The zero-order valence-electron chi connectivity index (χ0n) is 27.6. The molecule has 0 atom stereocenters. The number of fused-ring (bicyclic) bond motifs is 9. The third kappa shape index (κ3) is 4.25. The SMILES string of the molecule is c1ccc(-c2ccc(-c3ccc(-n4c5ccccc5c5cc6c(cc54)c4ccccc4n6-c4ccc5c(c4)oc4ccccc45)cc3)cc2)cc1. The molecule has 0 bridgehead atoms. The fourth-order valence-electron chi connectivity index (χ4n) is 8.13. The summed E-state index contributed by atoms with van der Waals surface area (Å²) in [5.74, 6) is 0. The van der Waals surface area contributed by atoms with Gasteiger partial charge in [-0.15, -0.1) is 0 Å². The molecule has 0 spiro atoms. The molecule has 0 saturated carbocycles. The van der Waals surface area contributed by atoms with Gasteiger partial charge in [-0.05, 0) is 76.9 Å². The zero-order chi connectivity index (χ0) is 33.5. The van der Waals surface area contributed by atoms with Crippen LogP contribution in [0.3, 0.4) is 0 Å². The lowest BCUT2D eigenvalue weighted by Gasteiger charge is -2.11. The monoisotopic (exact) mass is 650 g/mol. The van der Waals surface area contributed by atoms with Crippen LogP contribution in [0, 0.1) is 0 Å². The summed E-state index contributed by atoms with van der Waals surface area (Å²) in [5.41, 5.74) is 13.6. The van der Waals surface area contributed by atoms with Crippen LogP contribution in [0.5, 0.6) is 0 Å². The van der Waals surface area contributed by atoms with E-state index in [-0.39, 0.29) is 0 Å². The Morgan fingerprint density at radius 1 is 0.275 bits per heavy atom. The van der Waals surface area contributed by atoms with Gasteiger partial charge in [0.05, 0.1) is 22.1 Å². The number of hydrogen-bond donors (Lipinski definition) is 0. The summed E-state index contributed by atoms with van der Waals surface area (Å²) in [6.45, 7) is 0. The van der Waals surface area contributed by atoms with Crippen LogP contribution in [0.25, 0.3) is 99.2 Å². The molecule has 238 valence electrons. The minimum absolute atomic E-state index is 0.896. The van der Waals surface area contributed by atoms with E-state index >= 15 is 0 Å².